The molecule has 1 aliphatic carbocycles. The van der Waals surface area contributed by atoms with Crippen LogP contribution in [0.2, 0.25) is 0 Å². The molecule has 86 valence electrons. The average Bonchev–Trinajstić information content (AvgIpc) is 2.25. The predicted octanol–water partition coefficient (Wildman–Crippen LogP) is 0.241. The monoisotopic (exact) mass is 212 g/mol. The quantitative estimate of drug-likeness (QED) is 0.689. The highest BCUT2D eigenvalue weighted by atomic mass is 16.3. The summed E-state index contributed by atoms with van der Waals surface area (Å²) in [5.41, 5.74) is 5.41. The number of amides is 1. The standard InChI is InChI=1S/C11H20N2O2/c12-11(5-3-6-11)10(15)13-7-2-1-4-9(13)8-14/h9,14H,1-8,12H2. The Hall–Kier alpha value is -0.610. The van der Waals surface area contributed by atoms with Gasteiger partial charge >= 0.3 is 0 Å². The Bertz CT molecular complexity index is 251. The van der Waals surface area contributed by atoms with E-state index in [1.165, 1.54) is 0 Å². The number of rotatable bonds is 2. The molecule has 0 aromatic carbocycles. The smallest absolute Gasteiger partial charge is 0.242 e. The van der Waals surface area contributed by atoms with Crippen LogP contribution in [0.25, 0.3) is 0 Å². The minimum absolute atomic E-state index is 0.00674. The van der Waals surface area contributed by atoms with Crippen LogP contribution in [0.5, 0.6) is 0 Å². The minimum atomic E-state index is -0.606. The zero-order chi connectivity index (χ0) is 10.9. The Balaban J connectivity index is 2.03. The lowest BCUT2D eigenvalue weighted by atomic mass is 9.76. The molecule has 1 saturated heterocycles. The van der Waals surface area contributed by atoms with Crippen molar-refractivity contribution in [3.8, 4) is 0 Å². The molecule has 1 heterocycles. The molecule has 1 saturated carbocycles. The number of carbonyl (C=O) groups is 1. The van der Waals surface area contributed by atoms with E-state index in [1.54, 1.807) is 0 Å². The molecule has 2 rings (SSSR count). The summed E-state index contributed by atoms with van der Waals surface area (Å²) in [6, 6.07) is 0.00674. The Labute approximate surface area is 90.4 Å². The van der Waals surface area contributed by atoms with E-state index in [9.17, 15) is 9.90 Å². The Morgan fingerprint density at radius 1 is 1.40 bits per heavy atom. The van der Waals surface area contributed by atoms with Gasteiger partial charge in [-0.2, -0.15) is 0 Å². The molecule has 0 aromatic rings. The lowest BCUT2D eigenvalue weighted by Crippen LogP contribution is -2.62. The van der Waals surface area contributed by atoms with Gasteiger partial charge in [-0.1, -0.05) is 0 Å². The SMILES string of the molecule is NC1(C(=O)N2CCCCC2CO)CCC1. The third-order valence-electron chi connectivity index (χ3n) is 3.77. The van der Waals surface area contributed by atoms with Crippen molar-refractivity contribution in [2.75, 3.05) is 13.2 Å². The molecule has 1 aliphatic heterocycles. The highest BCUT2D eigenvalue weighted by Gasteiger charge is 2.44. The number of carbonyl (C=O) groups excluding carboxylic acids is 1. The van der Waals surface area contributed by atoms with Crippen LogP contribution in [0, 0.1) is 0 Å². The molecular weight excluding hydrogens is 192 g/mol. The van der Waals surface area contributed by atoms with Crippen molar-refractivity contribution < 1.29 is 9.90 Å². The zero-order valence-electron chi connectivity index (χ0n) is 9.11. The summed E-state index contributed by atoms with van der Waals surface area (Å²) in [5.74, 6) is 0.0625. The van der Waals surface area contributed by atoms with Crippen molar-refractivity contribution in [3.63, 3.8) is 0 Å². The first kappa shape index (κ1) is 10.9. The molecular formula is C11H20N2O2. The van der Waals surface area contributed by atoms with Crippen LogP contribution in [0.3, 0.4) is 0 Å². The van der Waals surface area contributed by atoms with Gasteiger partial charge in [-0.15, -0.1) is 0 Å². The minimum Gasteiger partial charge on any atom is -0.394 e. The Morgan fingerprint density at radius 2 is 2.13 bits per heavy atom. The van der Waals surface area contributed by atoms with Crippen LogP contribution in [-0.4, -0.2) is 40.6 Å². The maximum absolute atomic E-state index is 12.2. The molecule has 4 heteroatoms. The van der Waals surface area contributed by atoms with Crippen LogP contribution in [-0.2, 0) is 4.79 Å². The van der Waals surface area contributed by atoms with Crippen molar-refractivity contribution in [3.05, 3.63) is 0 Å². The summed E-state index contributed by atoms with van der Waals surface area (Å²) in [5, 5.41) is 9.23. The molecule has 0 bridgehead atoms. The third-order valence-corrected chi connectivity index (χ3v) is 3.77. The van der Waals surface area contributed by atoms with Gasteiger partial charge in [0, 0.05) is 6.54 Å². The molecule has 3 N–H and O–H groups in total. The van der Waals surface area contributed by atoms with E-state index in [0.29, 0.717) is 0 Å². The van der Waals surface area contributed by atoms with Gasteiger partial charge < -0.3 is 15.7 Å². The molecule has 0 radical (unpaired) electrons. The number of aliphatic hydroxyl groups is 1. The topological polar surface area (TPSA) is 66.6 Å². The first-order valence-electron chi connectivity index (χ1n) is 5.88. The van der Waals surface area contributed by atoms with Crippen molar-refractivity contribution in [1.29, 1.82) is 0 Å². The predicted molar refractivity (Wildman–Crippen MR) is 57.2 cm³/mol. The van der Waals surface area contributed by atoms with Crippen molar-refractivity contribution >= 4 is 5.91 Å². The molecule has 1 atom stereocenters. The van der Waals surface area contributed by atoms with Crippen LogP contribution in [0.15, 0.2) is 0 Å². The van der Waals surface area contributed by atoms with E-state index in [4.69, 9.17) is 5.73 Å². The summed E-state index contributed by atoms with van der Waals surface area (Å²) in [6.45, 7) is 0.838. The molecule has 1 amide bonds. The van der Waals surface area contributed by atoms with E-state index in [2.05, 4.69) is 0 Å². The number of piperidine rings is 1. The van der Waals surface area contributed by atoms with Gasteiger partial charge in [0.25, 0.3) is 0 Å². The second-order valence-corrected chi connectivity index (χ2v) is 4.84. The van der Waals surface area contributed by atoms with Crippen LogP contribution < -0.4 is 5.73 Å². The largest absolute Gasteiger partial charge is 0.394 e. The second kappa shape index (κ2) is 4.10. The molecule has 1 unspecified atom stereocenters. The molecule has 0 spiro atoms. The molecule has 2 aliphatic rings. The van der Waals surface area contributed by atoms with Crippen LogP contribution in [0.4, 0.5) is 0 Å². The highest BCUT2D eigenvalue weighted by Crippen LogP contribution is 2.32. The summed E-state index contributed by atoms with van der Waals surface area (Å²) >= 11 is 0. The lowest BCUT2D eigenvalue weighted by molar-refractivity contribution is -0.145. The number of nitrogens with zero attached hydrogens (tertiary/aromatic N) is 1. The summed E-state index contributed by atoms with van der Waals surface area (Å²) in [7, 11) is 0. The Kier molecular flexibility index (Phi) is 2.98. The molecule has 0 aromatic heterocycles. The maximum Gasteiger partial charge on any atom is 0.242 e. The normalized spacial score (nSPS) is 29.7. The van der Waals surface area contributed by atoms with Crippen molar-refractivity contribution in [2.24, 2.45) is 5.73 Å². The maximum atomic E-state index is 12.2. The first-order chi connectivity index (χ1) is 7.17. The molecule has 15 heavy (non-hydrogen) atoms. The van der Waals surface area contributed by atoms with Gasteiger partial charge in [-0.05, 0) is 38.5 Å². The van der Waals surface area contributed by atoms with Gasteiger partial charge in [-0.3, -0.25) is 4.79 Å². The van der Waals surface area contributed by atoms with Gasteiger partial charge in [0.2, 0.25) is 5.91 Å². The number of hydrogen-bond donors (Lipinski definition) is 2. The van der Waals surface area contributed by atoms with Crippen LogP contribution in [0.1, 0.15) is 38.5 Å². The van der Waals surface area contributed by atoms with Gasteiger partial charge in [0.15, 0.2) is 0 Å². The second-order valence-electron chi connectivity index (χ2n) is 4.84. The van der Waals surface area contributed by atoms with E-state index in [-0.39, 0.29) is 18.6 Å². The third kappa shape index (κ3) is 1.88. The van der Waals surface area contributed by atoms with Gasteiger partial charge in [-0.25, -0.2) is 0 Å². The van der Waals surface area contributed by atoms with Crippen molar-refractivity contribution in [2.45, 2.75) is 50.1 Å². The number of likely N-dealkylation sites (tertiary alicyclic amines) is 1. The zero-order valence-corrected chi connectivity index (χ0v) is 9.11. The highest BCUT2D eigenvalue weighted by molar-refractivity contribution is 5.87. The summed E-state index contributed by atoms with van der Waals surface area (Å²) in [4.78, 5) is 14.0. The average molecular weight is 212 g/mol. The van der Waals surface area contributed by atoms with E-state index >= 15 is 0 Å². The first-order valence-corrected chi connectivity index (χ1v) is 5.88. The van der Waals surface area contributed by atoms with Gasteiger partial charge in [0.1, 0.15) is 0 Å². The molecule has 2 fully saturated rings. The number of hydrogen-bond acceptors (Lipinski definition) is 3. The fraction of sp³-hybridized carbons (Fsp3) is 0.909. The lowest BCUT2D eigenvalue weighted by Gasteiger charge is -2.44. The van der Waals surface area contributed by atoms with Gasteiger partial charge in [0.05, 0.1) is 18.2 Å². The summed E-state index contributed by atoms with van der Waals surface area (Å²) < 4.78 is 0. The fourth-order valence-electron chi connectivity index (χ4n) is 2.52. The van der Waals surface area contributed by atoms with Crippen LogP contribution >= 0.6 is 0 Å². The van der Waals surface area contributed by atoms with E-state index in [0.717, 1.165) is 45.1 Å². The Morgan fingerprint density at radius 3 is 2.67 bits per heavy atom. The molecule has 4 nitrogen and oxygen atoms in total. The van der Waals surface area contributed by atoms with Crippen molar-refractivity contribution in [1.82, 2.24) is 4.90 Å². The number of aliphatic hydroxyl groups excluding tert-OH is 1. The summed E-state index contributed by atoms with van der Waals surface area (Å²) in [6.07, 6.45) is 5.73. The fourth-order valence-corrected chi connectivity index (χ4v) is 2.52. The number of nitrogens with two attached hydrogens (primary N) is 1. The van der Waals surface area contributed by atoms with E-state index < -0.39 is 5.54 Å². The van der Waals surface area contributed by atoms with E-state index in [1.807, 2.05) is 4.90 Å².